The van der Waals surface area contributed by atoms with Crippen LogP contribution in [-0.2, 0) is 11.3 Å². The average molecular weight is 326 g/mol. The summed E-state index contributed by atoms with van der Waals surface area (Å²) >= 11 is 6.06. The topological polar surface area (TPSA) is 54.5 Å². The second-order valence-electron chi connectivity index (χ2n) is 6.60. The third-order valence-corrected chi connectivity index (χ3v) is 3.83. The summed E-state index contributed by atoms with van der Waals surface area (Å²) in [6, 6.07) is 4.07. The van der Waals surface area contributed by atoms with E-state index in [1.54, 1.807) is 11.1 Å². The molecule has 1 aliphatic heterocycles. The fraction of sp³-hybridized carbons (Fsp3) is 0.625. The Labute approximate surface area is 137 Å². The van der Waals surface area contributed by atoms with Crippen molar-refractivity contribution in [3.63, 3.8) is 0 Å². The minimum atomic E-state index is -0.458. The first-order valence-corrected chi connectivity index (χ1v) is 8.03. The lowest BCUT2D eigenvalue weighted by Crippen LogP contribution is -2.49. The first-order chi connectivity index (χ1) is 10.3. The molecule has 122 valence electrons. The summed E-state index contributed by atoms with van der Waals surface area (Å²) in [5, 5.41) is 3.98. The molecule has 1 amide bonds. The molecular weight excluding hydrogens is 302 g/mol. The fourth-order valence-corrected chi connectivity index (χ4v) is 2.63. The van der Waals surface area contributed by atoms with Gasteiger partial charge >= 0.3 is 6.09 Å². The molecule has 2 heterocycles. The quantitative estimate of drug-likeness (QED) is 0.867. The number of piperidine rings is 1. The summed E-state index contributed by atoms with van der Waals surface area (Å²) < 4.78 is 5.44. The molecule has 5 nitrogen and oxygen atoms in total. The summed E-state index contributed by atoms with van der Waals surface area (Å²) in [6.07, 6.45) is 3.45. The molecular formula is C16H24ClN3O2. The van der Waals surface area contributed by atoms with Gasteiger partial charge in [-0.1, -0.05) is 17.7 Å². The van der Waals surface area contributed by atoms with Crippen LogP contribution in [0.1, 0.15) is 39.2 Å². The van der Waals surface area contributed by atoms with Crippen LogP contribution in [0.5, 0.6) is 0 Å². The number of carbonyl (C=O) groups excluding carboxylic acids is 1. The van der Waals surface area contributed by atoms with Crippen LogP contribution in [0, 0.1) is 0 Å². The van der Waals surface area contributed by atoms with Gasteiger partial charge in [-0.25, -0.2) is 9.78 Å². The number of nitrogens with one attached hydrogen (secondary N) is 1. The zero-order valence-electron chi connectivity index (χ0n) is 13.4. The fourth-order valence-electron chi connectivity index (χ4n) is 2.44. The van der Waals surface area contributed by atoms with E-state index in [1.165, 1.54) is 0 Å². The molecule has 0 bridgehead atoms. The number of likely N-dealkylation sites (tertiary alicyclic amines) is 1. The predicted molar refractivity (Wildman–Crippen MR) is 86.9 cm³/mol. The van der Waals surface area contributed by atoms with E-state index in [1.807, 2.05) is 32.9 Å². The number of halogens is 1. The lowest BCUT2D eigenvalue weighted by molar-refractivity contribution is 0.0187. The molecule has 1 aromatic heterocycles. The molecule has 6 heteroatoms. The van der Waals surface area contributed by atoms with Crippen LogP contribution in [-0.4, -0.2) is 40.7 Å². The SMILES string of the molecule is CC(C)(C)OC(=O)N1CCC[C@H](NCc2cccnc2Cl)C1. The van der Waals surface area contributed by atoms with Crippen LogP contribution in [0.4, 0.5) is 4.79 Å². The molecule has 0 radical (unpaired) electrons. The minimum Gasteiger partial charge on any atom is -0.444 e. The highest BCUT2D eigenvalue weighted by molar-refractivity contribution is 6.30. The van der Waals surface area contributed by atoms with Gasteiger partial charge in [-0.2, -0.15) is 0 Å². The van der Waals surface area contributed by atoms with Crippen LogP contribution in [0.25, 0.3) is 0 Å². The number of rotatable bonds is 3. The Kier molecular flexibility index (Phi) is 5.64. The summed E-state index contributed by atoms with van der Waals surface area (Å²) in [6.45, 7) is 7.71. The van der Waals surface area contributed by atoms with Crippen molar-refractivity contribution in [2.24, 2.45) is 0 Å². The van der Waals surface area contributed by atoms with E-state index in [2.05, 4.69) is 10.3 Å². The minimum absolute atomic E-state index is 0.238. The highest BCUT2D eigenvalue weighted by Gasteiger charge is 2.27. The maximum atomic E-state index is 12.1. The van der Waals surface area contributed by atoms with Crippen LogP contribution in [0.2, 0.25) is 5.15 Å². The molecule has 0 saturated carbocycles. The van der Waals surface area contributed by atoms with Crippen molar-refractivity contribution in [2.45, 2.75) is 51.8 Å². The lowest BCUT2D eigenvalue weighted by Gasteiger charge is -2.34. The lowest BCUT2D eigenvalue weighted by atomic mass is 10.1. The number of hydrogen-bond donors (Lipinski definition) is 1. The smallest absolute Gasteiger partial charge is 0.410 e. The molecule has 0 aliphatic carbocycles. The van der Waals surface area contributed by atoms with Gasteiger partial charge in [0.1, 0.15) is 10.8 Å². The number of aromatic nitrogens is 1. The highest BCUT2D eigenvalue weighted by atomic mass is 35.5. The summed E-state index contributed by atoms with van der Waals surface area (Å²) in [5.74, 6) is 0. The zero-order valence-corrected chi connectivity index (χ0v) is 14.2. The van der Waals surface area contributed by atoms with E-state index in [0.29, 0.717) is 18.2 Å². The molecule has 1 N–H and O–H groups in total. The summed E-state index contributed by atoms with van der Waals surface area (Å²) in [4.78, 5) is 18.0. The molecule has 0 aromatic carbocycles. The molecule has 1 aromatic rings. The van der Waals surface area contributed by atoms with E-state index in [-0.39, 0.29) is 12.1 Å². The third kappa shape index (κ3) is 5.14. The largest absolute Gasteiger partial charge is 0.444 e. The van der Waals surface area contributed by atoms with Crippen LogP contribution < -0.4 is 5.32 Å². The van der Waals surface area contributed by atoms with Crippen molar-refractivity contribution in [2.75, 3.05) is 13.1 Å². The van der Waals surface area contributed by atoms with Crippen molar-refractivity contribution in [3.05, 3.63) is 29.0 Å². The second-order valence-corrected chi connectivity index (χ2v) is 6.96. The number of carbonyl (C=O) groups is 1. The normalized spacial score (nSPS) is 19.1. The van der Waals surface area contributed by atoms with E-state index in [4.69, 9.17) is 16.3 Å². The number of ether oxygens (including phenoxy) is 1. The van der Waals surface area contributed by atoms with Crippen LogP contribution >= 0.6 is 11.6 Å². The summed E-state index contributed by atoms with van der Waals surface area (Å²) in [5.41, 5.74) is 0.513. The molecule has 2 rings (SSSR count). The van der Waals surface area contributed by atoms with Gasteiger partial charge in [0.25, 0.3) is 0 Å². The van der Waals surface area contributed by atoms with E-state index in [9.17, 15) is 4.79 Å². The number of hydrogen-bond acceptors (Lipinski definition) is 4. The molecule has 0 unspecified atom stereocenters. The first-order valence-electron chi connectivity index (χ1n) is 7.66. The van der Waals surface area contributed by atoms with Gasteiger partial charge in [-0.05, 0) is 39.7 Å². The van der Waals surface area contributed by atoms with E-state index in [0.717, 1.165) is 24.9 Å². The zero-order chi connectivity index (χ0) is 16.2. The van der Waals surface area contributed by atoms with Gasteiger partial charge in [0.2, 0.25) is 0 Å². The first kappa shape index (κ1) is 17.0. The highest BCUT2D eigenvalue weighted by Crippen LogP contribution is 2.17. The number of nitrogens with zero attached hydrogens (tertiary/aromatic N) is 2. The number of pyridine rings is 1. The van der Waals surface area contributed by atoms with Crippen molar-refractivity contribution in [3.8, 4) is 0 Å². The third-order valence-electron chi connectivity index (χ3n) is 3.49. The maximum absolute atomic E-state index is 12.1. The van der Waals surface area contributed by atoms with E-state index < -0.39 is 5.60 Å². The Bertz CT molecular complexity index is 516. The molecule has 1 fully saturated rings. The number of amides is 1. The van der Waals surface area contributed by atoms with Crippen molar-refractivity contribution in [1.82, 2.24) is 15.2 Å². The Balaban J connectivity index is 1.86. The molecule has 1 atom stereocenters. The van der Waals surface area contributed by atoms with Crippen molar-refractivity contribution in [1.29, 1.82) is 0 Å². The van der Waals surface area contributed by atoms with Gasteiger partial charge in [0.15, 0.2) is 0 Å². The van der Waals surface area contributed by atoms with Crippen LogP contribution in [0.15, 0.2) is 18.3 Å². The summed E-state index contributed by atoms with van der Waals surface area (Å²) in [7, 11) is 0. The van der Waals surface area contributed by atoms with Gasteiger partial charge in [-0.3, -0.25) is 0 Å². The molecule has 1 aliphatic rings. The van der Waals surface area contributed by atoms with Gasteiger partial charge < -0.3 is 15.0 Å². The monoisotopic (exact) mass is 325 g/mol. The molecule has 1 saturated heterocycles. The van der Waals surface area contributed by atoms with Crippen molar-refractivity contribution < 1.29 is 9.53 Å². The molecule has 0 spiro atoms. The Morgan fingerprint density at radius 3 is 3.00 bits per heavy atom. The Hall–Kier alpha value is -1.33. The van der Waals surface area contributed by atoms with Crippen molar-refractivity contribution >= 4 is 17.7 Å². The Morgan fingerprint density at radius 1 is 1.55 bits per heavy atom. The molecule has 22 heavy (non-hydrogen) atoms. The van der Waals surface area contributed by atoms with Gasteiger partial charge in [0, 0.05) is 37.4 Å². The standard InChI is InChI=1S/C16H24ClN3O2/c1-16(2,3)22-15(21)20-9-5-7-13(11-20)19-10-12-6-4-8-18-14(12)17/h4,6,8,13,19H,5,7,9-11H2,1-3H3/t13-/m0/s1. The predicted octanol–water partition coefficient (Wildman–Crippen LogP) is 3.22. The van der Waals surface area contributed by atoms with E-state index >= 15 is 0 Å². The van der Waals surface area contributed by atoms with Gasteiger partial charge in [-0.15, -0.1) is 0 Å². The Morgan fingerprint density at radius 2 is 2.32 bits per heavy atom. The second kappa shape index (κ2) is 7.29. The average Bonchev–Trinajstić information content (AvgIpc) is 2.45. The van der Waals surface area contributed by atoms with Gasteiger partial charge in [0.05, 0.1) is 0 Å². The van der Waals surface area contributed by atoms with Crippen LogP contribution in [0.3, 0.4) is 0 Å². The maximum Gasteiger partial charge on any atom is 0.410 e.